The zero-order valence-corrected chi connectivity index (χ0v) is 33.8. The minimum absolute atomic E-state index is 0.0233. The Balaban J connectivity index is 1.18. The van der Waals surface area contributed by atoms with Gasteiger partial charge < -0.3 is 9.13 Å². The number of rotatable bonds is 3. The molecule has 0 atom stereocenters. The van der Waals surface area contributed by atoms with Crippen LogP contribution in [0.3, 0.4) is 0 Å². The molecule has 0 unspecified atom stereocenters. The van der Waals surface area contributed by atoms with Gasteiger partial charge in [-0.2, -0.15) is 0 Å². The Morgan fingerprint density at radius 1 is 0.375 bits per heavy atom. The summed E-state index contributed by atoms with van der Waals surface area (Å²) in [6, 6.07) is 54.9. The van der Waals surface area contributed by atoms with E-state index in [1.165, 1.54) is 99.5 Å². The van der Waals surface area contributed by atoms with E-state index in [2.05, 4.69) is 210 Å². The SMILES string of the molecule is CC1(C)c2ccccc2-c2cc3c4cc(-c5ccc6c(c5)c5ccc7c(c5n6-c5ccccc5)C(C)(C)C(C)(C)C7(C)C)ccc4n(-c4ccccc4)c3cc21. The van der Waals surface area contributed by atoms with Crippen LogP contribution in [0.1, 0.15) is 77.6 Å². The second-order valence-corrected chi connectivity index (χ2v) is 18.7. The summed E-state index contributed by atoms with van der Waals surface area (Å²) in [5, 5.41) is 5.19. The molecule has 0 saturated heterocycles. The van der Waals surface area contributed by atoms with E-state index in [4.69, 9.17) is 0 Å². The van der Waals surface area contributed by atoms with Crippen LogP contribution in [0.2, 0.25) is 0 Å². The molecule has 0 amide bonds. The van der Waals surface area contributed by atoms with Crippen LogP contribution in [0.4, 0.5) is 0 Å². The van der Waals surface area contributed by atoms with Crippen molar-refractivity contribution in [3.63, 3.8) is 0 Å². The van der Waals surface area contributed by atoms with Gasteiger partial charge in [0.2, 0.25) is 0 Å². The average molecular weight is 725 g/mol. The zero-order chi connectivity index (χ0) is 38.5. The first kappa shape index (κ1) is 33.5. The molecular weight excluding hydrogens is 677 g/mol. The summed E-state index contributed by atoms with van der Waals surface area (Å²) >= 11 is 0. The number of hydrogen-bond donors (Lipinski definition) is 0. The van der Waals surface area contributed by atoms with Crippen LogP contribution >= 0.6 is 0 Å². The minimum atomic E-state index is -0.0710. The largest absolute Gasteiger partial charge is 0.309 e. The van der Waals surface area contributed by atoms with Gasteiger partial charge in [-0.3, -0.25) is 0 Å². The Labute approximate surface area is 330 Å². The second kappa shape index (κ2) is 10.9. The first-order chi connectivity index (χ1) is 26.8. The Morgan fingerprint density at radius 3 is 1.59 bits per heavy atom. The lowest BCUT2D eigenvalue weighted by atomic mass is 9.59. The fraction of sp³-hybridized carbons (Fsp3) is 0.222. The second-order valence-electron chi connectivity index (χ2n) is 18.7. The number of benzene rings is 7. The van der Waals surface area contributed by atoms with E-state index in [1.807, 2.05) is 0 Å². The average Bonchev–Trinajstić information content (AvgIpc) is 3.82. The van der Waals surface area contributed by atoms with Crippen molar-refractivity contribution in [3.8, 4) is 33.6 Å². The normalized spacial score (nSPS) is 17.1. The van der Waals surface area contributed by atoms with Gasteiger partial charge in [-0.15, -0.1) is 0 Å². The fourth-order valence-electron chi connectivity index (χ4n) is 11.0. The number of fused-ring (bicyclic) bond motifs is 11. The Hall–Kier alpha value is -5.86. The molecule has 0 bridgehead atoms. The molecule has 2 heteroatoms. The highest BCUT2D eigenvalue weighted by atomic mass is 15.0. The lowest BCUT2D eigenvalue weighted by Crippen LogP contribution is -2.42. The summed E-state index contributed by atoms with van der Waals surface area (Å²) < 4.78 is 5.01. The van der Waals surface area contributed by atoms with Crippen LogP contribution in [0, 0.1) is 5.41 Å². The van der Waals surface area contributed by atoms with Crippen molar-refractivity contribution in [3.05, 3.63) is 168 Å². The molecule has 56 heavy (non-hydrogen) atoms. The summed E-state index contributed by atoms with van der Waals surface area (Å²) in [5.41, 5.74) is 18.4. The topological polar surface area (TPSA) is 9.86 Å². The van der Waals surface area contributed by atoms with Gasteiger partial charge in [-0.25, -0.2) is 0 Å². The fourth-order valence-corrected chi connectivity index (χ4v) is 11.0. The molecule has 7 aromatic carbocycles. The third-order valence-electron chi connectivity index (χ3n) is 15.2. The number of hydrogen-bond acceptors (Lipinski definition) is 0. The predicted octanol–water partition coefficient (Wildman–Crippen LogP) is 14.4. The maximum Gasteiger partial charge on any atom is 0.0581 e. The lowest BCUT2D eigenvalue weighted by molar-refractivity contribution is 0.125. The van der Waals surface area contributed by atoms with E-state index in [-0.39, 0.29) is 21.7 Å². The van der Waals surface area contributed by atoms with E-state index in [0.29, 0.717) is 0 Å². The third kappa shape index (κ3) is 4.07. The summed E-state index contributed by atoms with van der Waals surface area (Å²) in [7, 11) is 0. The highest BCUT2D eigenvalue weighted by Gasteiger charge is 2.57. The Bertz CT molecular complexity index is 3110. The highest BCUT2D eigenvalue weighted by molar-refractivity contribution is 6.14. The quantitative estimate of drug-likeness (QED) is 0.172. The molecule has 2 aliphatic rings. The van der Waals surface area contributed by atoms with Gasteiger partial charge in [0.25, 0.3) is 0 Å². The number of aromatic nitrogens is 2. The Morgan fingerprint density at radius 2 is 0.929 bits per heavy atom. The molecular formula is C54H48N2. The number of para-hydroxylation sites is 2. The summed E-state index contributed by atoms with van der Waals surface area (Å²) in [6.45, 7) is 19.5. The molecule has 274 valence electrons. The van der Waals surface area contributed by atoms with Gasteiger partial charge in [0, 0.05) is 38.3 Å². The molecule has 2 nitrogen and oxygen atoms in total. The maximum atomic E-state index is 2.54. The van der Waals surface area contributed by atoms with Crippen LogP contribution in [0.15, 0.2) is 146 Å². The zero-order valence-electron chi connectivity index (χ0n) is 33.8. The minimum Gasteiger partial charge on any atom is -0.309 e. The van der Waals surface area contributed by atoms with Gasteiger partial charge in [-0.1, -0.05) is 140 Å². The molecule has 9 aromatic rings. The van der Waals surface area contributed by atoms with Crippen molar-refractivity contribution in [1.82, 2.24) is 9.13 Å². The van der Waals surface area contributed by atoms with Crippen molar-refractivity contribution in [2.45, 2.75) is 71.6 Å². The number of nitrogens with zero attached hydrogens (tertiary/aromatic N) is 2. The molecule has 0 radical (unpaired) electrons. The van der Waals surface area contributed by atoms with Crippen molar-refractivity contribution in [2.75, 3.05) is 0 Å². The van der Waals surface area contributed by atoms with Gasteiger partial charge in [0.05, 0.1) is 22.1 Å². The first-order valence-corrected chi connectivity index (χ1v) is 20.3. The van der Waals surface area contributed by atoms with E-state index in [9.17, 15) is 0 Å². The van der Waals surface area contributed by atoms with Gasteiger partial charge in [0.1, 0.15) is 0 Å². The van der Waals surface area contributed by atoms with Gasteiger partial charge >= 0.3 is 0 Å². The smallest absolute Gasteiger partial charge is 0.0581 e. The standard InChI is InChI=1S/C54H48N2/c1-51(2)43-22-16-15-21-37(43)39-31-42-41-30-34(23-27-46(41)55(48(42)32-45(39)51)35-17-11-9-12-18-35)33-24-28-47-40(29-33)38-25-26-44-49(53(5,6)54(7,8)52(44,3)4)50(38)56(47)36-19-13-10-14-20-36/h9-32H,1-8H3. The third-order valence-corrected chi connectivity index (χ3v) is 15.2. The van der Waals surface area contributed by atoms with E-state index < -0.39 is 0 Å². The lowest BCUT2D eigenvalue weighted by Gasteiger charge is -2.44. The van der Waals surface area contributed by atoms with Crippen molar-refractivity contribution in [2.24, 2.45) is 5.41 Å². The van der Waals surface area contributed by atoms with Crippen molar-refractivity contribution < 1.29 is 0 Å². The van der Waals surface area contributed by atoms with Gasteiger partial charge in [0.15, 0.2) is 0 Å². The molecule has 0 saturated carbocycles. The maximum absolute atomic E-state index is 2.54. The van der Waals surface area contributed by atoms with Crippen LogP contribution in [0.25, 0.3) is 77.2 Å². The van der Waals surface area contributed by atoms with Crippen LogP contribution in [0.5, 0.6) is 0 Å². The molecule has 2 aliphatic carbocycles. The summed E-state index contributed by atoms with van der Waals surface area (Å²) in [4.78, 5) is 0. The van der Waals surface area contributed by atoms with E-state index >= 15 is 0 Å². The van der Waals surface area contributed by atoms with Crippen molar-refractivity contribution >= 4 is 43.6 Å². The molecule has 0 spiro atoms. The Kier molecular flexibility index (Phi) is 6.53. The summed E-state index contributed by atoms with van der Waals surface area (Å²) in [5.74, 6) is 0. The van der Waals surface area contributed by atoms with E-state index in [1.54, 1.807) is 0 Å². The molecule has 0 N–H and O–H groups in total. The van der Waals surface area contributed by atoms with Crippen LogP contribution < -0.4 is 0 Å². The highest BCUT2D eigenvalue weighted by Crippen LogP contribution is 2.63. The summed E-state index contributed by atoms with van der Waals surface area (Å²) in [6.07, 6.45) is 0. The van der Waals surface area contributed by atoms with Crippen molar-refractivity contribution in [1.29, 1.82) is 0 Å². The van der Waals surface area contributed by atoms with Crippen LogP contribution in [-0.2, 0) is 16.2 Å². The molecule has 11 rings (SSSR count). The monoisotopic (exact) mass is 724 g/mol. The molecule has 0 fully saturated rings. The molecule has 2 heterocycles. The predicted molar refractivity (Wildman–Crippen MR) is 238 cm³/mol. The van der Waals surface area contributed by atoms with Crippen LogP contribution in [-0.4, -0.2) is 9.13 Å². The molecule has 2 aromatic heterocycles. The van der Waals surface area contributed by atoms with Gasteiger partial charge in [-0.05, 0) is 121 Å². The molecule has 0 aliphatic heterocycles. The van der Waals surface area contributed by atoms with E-state index in [0.717, 1.165) is 0 Å². The first-order valence-electron chi connectivity index (χ1n) is 20.3.